The number of hydrogen-bond donors (Lipinski definition) is 1. The molecule has 5 heteroatoms. The van der Waals surface area contributed by atoms with Gasteiger partial charge in [-0.05, 0) is 36.1 Å². The van der Waals surface area contributed by atoms with E-state index in [1.165, 1.54) is 0 Å². The van der Waals surface area contributed by atoms with Crippen molar-refractivity contribution in [1.82, 2.24) is 5.43 Å². The number of thiophene rings is 1. The topological polar surface area (TPSA) is 41.5 Å². The standard InChI is InChI=1S/C14H13BrN2OS/c1-10(11-4-2-5-12(15)8-11)16-17-14(18)9-13-6-3-7-19-13/h2-8H,9H2,1H3,(H,17,18). The molecule has 0 saturated heterocycles. The number of nitrogens with one attached hydrogen (secondary N) is 1. The van der Waals surface area contributed by atoms with Crippen LogP contribution in [0, 0.1) is 0 Å². The minimum atomic E-state index is -0.100. The number of benzene rings is 1. The predicted molar refractivity (Wildman–Crippen MR) is 82.5 cm³/mol. The van der Waals surface area contributed by atoms with Crippen molar-refractivity contribution in [3.63, 3.8) is 0 Å². The molecule has 0 atom stereocenters. The lowest BCUT2D eigenvalue weighted by Gasteiger charge is -2.03. The Morgan fingerprint density at radius 3 is 2.89 bits per heavy atom. The highest BCUT2D eigenvalue weighted by Gasteiger charge is 2.04. The molecule has 2 rings (SSSR count). The predicted octanol–water partition coefficient (Wildman–Crippen LogP) is 3.59. The van der Waals surface area contributed by atoms with Crippen LogP contribution in [-0.4, -0.2) is 11.6 Å². The second kappa shape index (κ2) is 6.63. The second-order valence-corrected chi connectivity index (χ2v) is 5.95. The Morgan fingerprint density at radius 1 is 1.37 bits per heavy atom. The van der Waals surface area contributed by atoms with Gasteiger partial charge >= 0.3 is 0 Å². The number of nitrogens with zero attached hydrogens (tertiary/aromatic N) is 1. The van der Waals surface area contributed by atoms with Crippen LogP contribution >= 0.6 is 27.3 Å². The highest BCUT2D eigenvalue weighted by atomic mass is 79.9. The van der Waals surface area contributed by atoms with Crippen molar-refractivity contribution in [1.29, 1.82) is 0 Å². The van der Waals surface area contributed by atoms with Crippen molar-refractivity contribution in [2.75, 3.05) is 0 Å². The number of hydrazone groups is 1. The summed E-state index contributed by atoms with van der Waals surface area (Å²) in [6.07, 6.45) is 0.368. The molecule has 1 amide bonds. The summed E-state index contributed by atoms with van der Waals surface area (Å²) < 4.78 is 0.990. The van der Waals surface area contributed by atoms with Crippen molar-refractivity contribution in [3.8, 4) is 0 Å². The molecule has 0 unspecified atom stereocenters. The smallest absolute Gasteiger partial charge is 0.245 e. The molecule has 0 aliphatic heterocycles. The molecular weight excluding hydrogens is 324 g/mol. The first-order valence-electron chi connectivity index (χ1n) is 5.76. The van der Waals surface area contributed by atoms with Gasteiger partial charge in [-0.3, -0.25) is 4.79 Å². The molecule has 19 heavy (non-hydrogen) atoms. The fourth-order valence-corrected chi connectivity index (χ4v) is 2.64. The van der Waals surface area contributed by atoms with Crippen LogP contribution in [0.2, 0.25) is 0 Å². The van der Waals surface area contributed by atoms with Crippen LogP contribution < -0.4 is 5.43 Å². The SMILES string of the molecule is CC(=NNC(=O)Cc1cccs1)c1cccc(Br)c1. The molecular formula is C14H13BrN2OS. The Kier molecular flexibility index (Phi) is 4.87. The van der Waals surface area contributed by atoms with Gasteiger partial charge in [-0.25, -0.2) is 5.43 Å². The summed E-state index contributed by atoms with van der Waals surface area (Å²) in [4.78, 5) is 12.7. The van der Waals surface area contributed by atoms with Gasteiger partial charge < -0.3 is 0 Å². The fraction of sp³-hybridized carbons (Fsp3) is 0.143. The maximum absolute atomic E-state index is 11.7. The zero-order valence-corrected chi connectivity index (χ0v) is 12.8. The largest absolute Gasteiger partial charge is 0.273 e. The van der Waals surface area contributed by atoms with E-state index in [1.54, 1.807) is 11.3 Å². The molecule has 0 fully saturated rings. The van der Waals surface area contributed by atoms with E-state index in [1.807, 2.05) is 48.7 Å². The van der Waals surface area contributed by atoms with Gasteiger partial charge in [0.05, 0.1) is 12.1 Å². The molecule has 98 valence electrons. The molecule has 0 aliphatic carbocycles. The van der Waals surface area contributed by atoms with E-state index in [0.717, 1.165) is 20.6 Å². The lowest BCUT2D eigenvalue weighted by Crippen LogP contribution is -2.20. The van der Waals surface area contributed by atoms with Crippen molar-refractivity contribution in [2.24, 2.45) is 5.10 Å². The van der Waals surface area contributed by atoms with Crippen molar-refractivity contribution in [2.45, 2.75) is 13.3 Å². The quantitative estimate of drug-likeness (QED) is 0.672. The first-order valence-corrected chi connectivity index (χ1v) is 7.44. The van der Waals surface area contributed by atoms with E-state index in [2.05, 4.69) is 26.5 Å². The lowest BCUT2D eigenvalue weighted by atomic mass is 10.1. The normalized spacial score (nSPS) is 11.4. The highest BCUT2D eigenvalue weighted by Crippen LogP contribution is 2.12. The zero-order valence-electron chi connectivity index (χ0n) is 10.4. The monoisotopic (exact) mass is 336 g/mol. The fourth-order valence-electron chi connectivity index (χ4n) is 1.54. The van der Waals surface area contributed by atoms with Gasteiger partial charge in [-0.1, -0.05) is 34.1 Å². The summed E-state index contributed by atoms with van der Waals surface area (Å²) in [7, 11) is 0. The minimum absolute atomic E-state index is 0.100. The molecule has 0 saturated carbocycles. The van der Waals surface area contributed by atoms with Crippen LogP contribution in [0.4, 0.5) is 0 Å². The summed E-state index contributed by atoms with van der Waals surface area (Å²) in [5.74, 6) is -0.100. The molecule has 1 aromatic heterocycles. The minimum Gasteiger partial charge on any atom is -0.273 e. The van der Waals surface area contributed by atoms with Crippen LogP contribution in [0.25, 0.3) is 0 Å². The zero-order chi connectivity index (χ0) is 13.7. The van der Waals surface area contributed by atoms with Gasteiger partial charge in [0.15, 0.2) is 0 Å². The number of carbonyl (C=O) groups is 1. The van der Waals surface area contributed by atoms with Gasteiger partial charge in [0.1, 0.15) is 0 Å². The average Bonchev–Trinajstić information content (AvgIpc) is 2.88. The number of rotatable bonds is 4. The van der Waals surface area contributed by atoms with E-state index in [-0.39, 0.29) is 5.91 Å². The van der Waals surface area contributed by atoms with Crippen molar-refractivity contribution < 1.29 is 4.79 Å². The number of amides is 1. The van der Waals surface area contributed by atoms with Gasteiger partial charge in [0.25, 0.3) is 0 Å². The summed E-state index contributed by atoms with van der Waals surface area (Å²) in [6.45, 7) is 1.87. The number of carbonyl (C=O) groups excluding carboxylic acids is 1. The summed E-state index contributed by atoms with van der Waals surface area (Å²) in [6, 6.07) is 11.7. The number of hydrogen-bond acceptors (Lipinski definition) is 3. The van der Waals surface area contributed by atoms with Crippen LogP contribution in [-0.2, 0) is 11.2 Å². The van der Waals surface area contributed by atoms with Crippen molar-refractivity contribution in [3.05, 3.63) is 56.7 Å². The third-order valence-electron chi connectivity index (χ3n) is 2.51. The van der Waals surface area contributed by atoms with E-state index in [9.17, 15) is 4.79 Å². The Labute approximate surface area is 124 Å². The van der Waals surface area contributed by atoms with E-state index in [4.69, 9.17) is 0 Å². The second-order valence-electron chi connectivity index (χ2n) is 4.00. The summed E-state index contributed by atoms with van der Waals surface area (Å²) in [5, 5.41) is 6.07. The van der Waals surface area contributed by atoms with Gasteiger partial charge in [0, 0.05) is 9.35 Å². The van der Waals surface area contributed by atoms with Crippen LogP contribution in [0.15, 0.2) is 51.4 Å². The third-order valence-corrected chi connectivity index (χ3v) is 3.88. The van der Waals surface area contributed by atoms with E-state index >= 15 is 0 Å². The van der Waals surface area contributed by atoms with Crippen molar-refractivity contribution >= 4 is 38.9 Å². The highest BCUT2D eigenvalue weighted by molar-refractivity contribution is 9.10. The molecule has 0 bridgehead atoms. The van der Waals surface area contributed by atoms with Crippen LogP contribution in [0.1, 0.15) is 17.4 Å². The molecule has 1 aromatic carbocycles. The summed E-state index contributed by atoms with van der Waals surface area (Å²) >= 11 is 4.98. The van der Waals surface area contributed by atoms with Gasteiger partial charge in [-0.2, -0.15) is 5.10 Å². The molecule has 3 nitrogen and oxygen atoms in total. The average molecular weight is 337 g/mol. The number of halogens is 1. The maximum atomic E-state index is 11.7. The Morgan fingerprint density at radius 2 is 2.21 bits per heavy atom. The first kappa shape index (κ1) is 14.0. The maximum Gasteiger partial charge on any atom is 0.245 e. The van der Waals surface area contributed by atoms with E-state index < -0.39 is 0 Å². The Hall–Kier alpha value is -1.46. The Balaban J connectivity index is 1.96. The van der Waals surface area contributed by atoms with Gasteiger partial charge in [-0.15, -0.1) is 11.3 Å². The molecule has 2 aromatic rings. The molecule has 0 radical (unpaired) electrons. The molecule has 0 aliphatic rings. The Bertz CT molecular complexity index is 593. The third kappa shape index (κ3) is 4.29. The van der Waals surface area contributed by atoms with Crippen LogP contribution in [0.3, 0.4) is 0 Å². The lowest BCUT2D eigenvalue weighted by molar-refractivity contribution is -0.120. The summed E-state index contributed by atoms with van der Waals surface area (Å²) in [5.41, 5.74) is 4.34. The first-order chi connectivity index (χ1) is 9.15. The van der Waals surface area contributed by atoms with Gasteiger partial charge in [0.2, 0.25) is 5.91 Å². The van der Waals surface area contributed by atoms with Crippen LogP contribution in [0.5, 0.6) is 0 Å². The van der Waals surface area contributed by atoms with E-state index in [0.29, 0.717) is 6.42 Å². The molecule has 1 heterocycles. The molecule has 1 N–H and O–H groups in total. The molecule has 0 spiro atoms.